The molecule has 1 aliphatic carbocycles. The molecule has 156 valence electrons. The number of carbonyl (C=O) groups is 1. The zero-order valence-corrected chi connectivity index (χ0v) is 18.1. The van der Waals surface area contributed by atoms with E-state index in [2.05, 4.69) is 26.8 Å². The van der Waals surface area contributed by atoms with Crippen LogP contribution < -0.4 is 10.0 Å². The number of rotatable bonds is 7. The van der Waals surface area contributed by atoms with Crippen molar-refractivity contribution in [1.29, 1.82) is 0 Å². The maximum atomic E-state index is 12.6. The quantitative estimate of drug-likeness (QED) is 0.699. The van der Waals surface area contributed by atoms with Crippen molar-refractivity contribution < 1.29 is 13.2 Å². The third-order valence-corrected chi connectivity index (χ3v) is 7.53. The van der Waals surface area contributed by atoms with E-state index < -0.39 is 10.0 Å². The maximum absolute atomic E-state index is 12.6. The summed E-state index contributed by atoms with van der Waals surface area (Å²) < 4.78 is 27.4. The van der Waals surface area contributed by atoms with Gasteiger partial charge in [0.15, 0.2) is 5.13 Å². The molecule has 1 amide bonds. The molecule has 1 aromatic heterocycles. The molecular weight excluding hydrogens is 408 g/mol. The summed E-state index contributed by atoms with van der Waals surface area (Å²) in [5.74, 6) is 0.348. The Labute approximate surface area is 175 Å². The first-order valence-corrected chi connectivity index (χ1v) is 12.4. The van der Waals surface area contributed by atoms with Gasteiger partial charge in [-0.25, -0.2) is 18.1 Å². The van der Waals surface area contributed by atoms with Crippen molar-refractivity contribution in [2.75, 3.05) is 18.4 Å². The molecule has 1 saturated heterocycles. The van der Waals surface area contributed by atoms with Crippen molar-refractivity contribution in [3.63, 3.8) is 0 Å². The highest BCUT2D eigenvalue weighted by molar-refractivity contribution is 7.89. The van der Waals surface area contributed by atoms with E-state index in [1.165, 1.54) is 36.3 Å². The molecule has 4 rings (SSSR count). The van der Waals surface area contributed by atoms with Gasteiger partial charge in [-0.05, 0) is 56.3 Å². The van der Waals surface area contributed by atoms with E-state index in [0.717, 1.165) is 38.2 Å². The molecule has 0 radical (unpaired) electrons. The molecule has 7 nitrogen and oxygen atoms in total. The topological polar surface area (TPSA) is 91.4 Å². The molecule has 1 unspecified atom stereocenters. The van der Waals surface area contributed by atoms with Gasteiger partial charge in [0.2, 0.25) is 10.0 Å². The zero-order chi connectivity index (χ0) is 20.4. The fourth-order valence-corrected chi connectivity index (χ4v) is 5.61. The van der Waals surface area contributed by atoms with Gasteiger partial charge in [0.05, 0.1) is 10.6 Å². The molecule has 0 spiro atoms. The minimum atomic E-state index is -3.59. The second-order valence-electron chi connectivity index (χ2n) is 8.00. The summed E-state index contributed by atoms with van der Waals surface area (Å²) in [4.78, 5) is 19.6. The molecule has 1 aromatic carbocycles. The van der Waals surface area contributed by atoms with E-state index in [4.69, 9.17) is 0 Å². The van der Waals surface area contributed by atoms with Gasteiger partial charge in [0.1, 0.15) is 0 Å². The maximum Gasteiger partial charge on any atom is 0.257 e. The number of nitrogens with zero attached hydrogens (tertiary/aromatic N) is 2. The van der Waals surface area contributed by atoms with Gasteiger partial charge in [-0.2, -0.15) is 0 Å². The highest BCUT2D eigenvalue weighted by Gasteiger charge is 2.28. The van der Waals surface area contributed by atoms with E-state index in [0.29, 0.717) is 16.6 Å². The van der Waals surface area contributed by atoms with Crippen LogP contribution in [0.15, 0.2) is 34.5 Å². The van der Waals surface area contributed by atoms with Crippen LogP contribution in [0.5, 0.6) is 0 Å². The molecule has 29 heavy (non-hydrogen) atoms. The average Bonchev–Trinajstić information content (AvgIpc) is 3.38. The number of sulfonamides is 1. The fourth-order valence-electron chi connectivity index (χ4n) is 3.56. The Morgan fingerprint density at radius 2 is 2.14 bits per heavy atom. The fraction of sp³-hybridized carbons (Fsp3) is 0.500. The van der Waals surface area contributed by atoms with Crippen LogP contribution in [0.2, 0.25) is 0 Å². The van der Waals surface area contributed by atoms with Crippen LogP contribution in [0.3, 0.4) is 0 Å². The van der Waals surface area contributed by atoms with Crippen molar-refractivity contribution >= 4 is 32.4 Å². The predicted octanol–water partition coefficient (Wildman–Crippen LogP) is 3.07. The van der Waals surface area contributed by atoms with Gasteiger partial charge in [0.25, 0.3) is 5.91 Å². The molecule has 1 atom stereocenters. The van der Waals surface area contributed by atoms with Crippen molar-refractivity contribution in [3.05, 3.63) is 40.9 Å². The Morgan fingerprint density at radius 3 is 2.90 bits per heavy atom. The Morgan fingerprint density at radius 1 is 1.31 bits per heavy atom. The standard InChI is InChI=1S/C20H26N4O3S2/c1-14-4-3-9-24(11-14)12-17-13-28-20(21-17)22-19(25)15-5-2-6-18(10-15)29(26,27)23-16-7-8-16/h2,5-6,10,13-14,16,23H,3-4,7-9,11-12H2,1H3,(H,21,22,25). The lowest BCUT2D eigenvalue weighted by Crippen LogP contribution is -2.33. The van der Waals surface area contributed by atoms with Gasteiger partial charge in [-0.3, -0.25) is 15.0 Å². The summed E-state index contributed by atoms with van der Waals surface area (Å²) in [5, 5.41) is 5.29. The molecule has 9 heteroatoms. The monoisotopic (exact) mass is 434 g/mol. The van der Waals surface area contributed by atoms with Crippen molar-refractivity contribution in [2.24, 2.45) is 5.92 Å². The van der Waals surface area contributed by atoms with Crippen molar-refractivity contribution in [2.45, 2.75) is 50.1 Å². The van der Waals surface area contributed by atoms with Crippen molar-refractivity contribution in [3.8, 4) is 0 Å². The number of piperidine rings is 1. The van der Waals surface area contributed by atoms with Crippen LogP contribution in [0.25, 0.3) is 0 Å². The van der Waals surface area contributed by atoms with Gasteiger partial charge in [-0.15, -0.1) is 11.3 Å². The summed E-state index contributed by atoms with van der Waals surface area (Å²) in [5.41, 5.74) is 1.25. The van der Waals surface area contributed by atoms with Gasteiger partial charge < -0.3 is 0 Å². The molecule has 1 saturated carbocycles. The summed E-state index contributed by atoms with van der Waals surface area (Å²) in [7, 11) is -3.59. The molecule has 2 N–H and O–H groups in total. The predicted molar refractivity (Wildman–Crippen MR) is 114 cm³/mol. The number of thiazole rings is 1. The molecule has 1 aliphatic heterocycles. The molecule has 2 aliphatic rings. The number of nitrogens with one attached hydrogen (secondary N) is 2. The lowest BCUT2D eigenvalue weighted by Gasteiger charge is -2.30. The first kappa shape index (κ1) is 20.5. The third-order valence-electron chi connectivity index (χ3n) is 5.20. The first-order chi connectivity index (χ1) is 13.9. The highest BCUT2D eigenvalue weighted by Crippen LogP contribution is 2.24. The minimum Gasteiger partial charge on any atom is -0.298 e. The van der Waals surface area contributed by atoms with E-state index in [-0.39, 0.29) is 16.8 Å². The van der Waals surface area contributed by atoms with E-state index in [9.17, 15) is 13.2 Å². The van der Waals surface area contributed by atoms with Crippen molar-refractivity contribution in [1.82, 2.24) is 14.6 Å². The number of amides is 1. The second-order valence-corrected chi connectivity index (χ2v) is 10.6. The van der Waals surface area contributed by atoms with E-state index >= 15 is 0 Å². The number of anilines is 1. The lowest BCUT2D eigenvalue weighted by molar-refractivity contribution is 0.102. The first-order valence-electron chi connectivity index (χ1n) is 9.99. The lowest BCUT2D eigenvalue weighted by atomic mass is 10.0. The summed E-state index contributed by atoms with van der Waals surface area (Å²) in [6.07, 6.45) is 4.22. The smallest absolute Gasteiger partial charge is 0.257 e. The Hall–Kier alpha value is -1.81. The SMILES string of the molecule is CC1CCCN(Cc2csc(NC(=O)c3cccc(S(=O)(=O)NC4CC4)c3)n2)C1. The normalized spacial score (nSPS) is 20.5. The highest BCUT2D eigenvalue weighted by atomic mass is 32.2. The number of hydrogen-bond acceptors (Lipinski definition) is 6. The molecule has 2 aromatic rings. The van der Waals surface area contributed by atoms with Gasteiger partial charge >= 0.3 is 0 Å². The molecule has 2 heterocycles. The van der Waals surface area contributed by atoms with Gasteiger partial charge in [0, 0.05) is 30.1 Å². The summed E-state index contributed by atoms with van der Waals surface area (Å²) >= 11 is 1.39. The summed E-state index contributed by atoms with van der Waals surface area (Å²) in [6, 6.07) is 6.12. The molecule has 0 bridgehead atoms. The Bertz CT molecular complexity index is 985. The largest absolute Gasteiger partial charge is 0.298 e. The second kappa shape index (κ2) is 8.51. The number of benzene rings is 1. The van der Waals surface area contributed by atoms with E-state index in [1.54, 1.807) is 12.1 Å². The van der Waals surface area contributed by atoms with Gasteiger partial charge in [-0.1, -0.05) is 13.0 Å². The number of hydrogen-bond donors (Lipinski definition) is 2. The van der Waals surface area contributed by atoms with Crippen LogP contribution >= 0.6 is 11.3 Å². The molecular formula is C20H26N4O3S2. The number of aromatic nitrogens is 1. The number of carbonyl (C=O) groups excluding carboxylic acids is 1. The van der Waals surface area contributed by atoms with Crippen LogP contribution in [0.4, 0.5) is 5.13 Å². The van der Waals surface area contributed by atoms with E-state index in [1.807, 2.05) is 5.38 Å². The minimum absolute atomic E-state index is 0.0223. The Kier molecular flexibility index (Phi) is 6.00. The third kappa shape index (κ3) is 5.42. The van der Waals surface area contributed by atoms with Crippen LogP contribution in [-0.2, 0) is 16.6 Å². The Balaban J connectivity index is 1.39. The van der Waals surface area contributed by atoms with Crippen LogP contribution in [0, 0.1) is 5.92 Å². The summed E-state index contributed by atoms with van der Waals surface area (Å²) in [6.45, 7) is 5.22. The van der Waals surface area contributed by atoms with Crippen LogP contribution in [-0.4, -0.2) is 43.3 Å². The number of likely N-dealkylation sites (tertiary alicyclic amines) is 1. The molecule has 2 fully saturated rings. The average molecular weight is 435 g/mol. The van der Waals surface area contributed by atoms with Crippen LogP contribution in [0.1, 0.15) is 48.7 Å². The zero-order valence-electron chi connectivity index (χ0n) is 16.4.